The number of aliphatic carboxylic acids is 1. The molecule has 5 rings (SSSR count). The van der Waals surface area contributed by atoms with Crippen molar-refractivity contribution in [3.8, 4) is 5.75 Å². The van der Waals surface area contributed by atoms with Gasteiger partial charge in [-0.3, -0.25) is 48.1 Å². The number of phenolic OH excluding ortho intramolecular Hbond substituents is 1. The molecule has 0 spiro atoms. The average molecular weight is 1070 g/mol. The Kier molecular flexibility index (Phi) is 21.7. The van der Waals surface area contributed by atoms with Gasteiger partial charge in [0.05, 0.1) is 6.42 Å². The van der Waals surface area contributed by atoms with E-state index in [-0.39, 0.29) is 61.9 Å². The summed E-state index contributed by atoms with van der Waals surface area (Å²) in [4.78, 5) is 134. The lowest BCUT2D eigenvalue weighted by Gasteiger charge is -2.29. The number of aliphatic imine (C=N–C) groups is 1. The van der Waals surface area contributed by atoms with Crippen LogP contribution in [-0.2, 0) is 62.4 Å². The number of carbonyl (C=O) groups is 9. The van der Waals surface area contributed by atoms with Gasteiger partial charge in [0, 0.05) is 54.4 Å². The highest BCUT2D eigenvalue weighted by Crippen LogP contribution is 2.20. The molecule has 8 amide bonds. The van der Waals surface area contributed by atoms with E-state index in [1.165, 1.54) is 24.3 Å². The lowest BCUT2D eigenvalue weighted by atomic mass is 10.0. The van der Waals surface area contributed by atoms with Crippen LogP contribution >= 0.6 is 25.3 Å². The maximum atomic E-state index is 14.8. The van der Waals surface area contributed by atoms with Crippen LogP contribution in [0.4, 0.5) is 0 Å². The third-order valence-electron chi connectivity index (χ3n) is 12.1. The van der Waals surface area contributed by atoms with E-state index in [1.54, 1.807) is 68.6 Å². The number of aromatic hydroxyl groups is 1. The quantitative estimate of drug-likeness (QED) is 0.0290. The predicted octanol–water partition coefficient (Wildman–Crippen LogP) is -1.16. The number of rotatable bonds is 15. The lowest BCUT2D eigenvalue weighted by molar-refractivity contribution is -0.141. The molecule has 1 aromatic heterocycles. The summed E-state index contributed by atoms with van der Waals surface area (Å²) in [5.74, 6) is -10.6. The number of aromatic amines is 1. The molecule has 2 heterocycles. The van der Waals surface area contributed by atoms with Crippen LogP contribution < -0.4 is 54.0 Å². The van der Waals surface area contributed by atoms with E-state index in [0.717, 1.165) is 5.52 Å². The number of carbonyl (C=O) groups excluding carboxylic acids is 8. The van der Waals surface area contributed by atoms with Gasteiger partial charge in [0.15, 0.2) is 5.96 Å². The Labute approximate surface area is 443 Å². The highest BCUT2D eigenvalue weighted by Gasteiger charge is 2.37. The summed E-state index contributed by atoms with van der Waals surface area (Å²) in [6, 6.07) is 9.52. The molecule has 0 bridgehead atoms. The number of para-hydroxylation sites is 1. The van der Waals surface area contributed by atoms with Crippen LogP contribution in [0.25, 0.3) is 10.9 Å². The number of guanidine groups is 1. The molecule has 0 radical (unpaired) electrons. The third kappa shape index (κ3) is 17.4. The Bertz CT molecular complexity index is 2700. The van der Waals surface area contributed by atoms with E-state index in [9.17, 15) is 53.4 Å². The molecule has 1 saturated heterocycles. The predicted molar refractivity (Wildman–Crippen MR) is 284 cm³/mol. The van der Waals surface area contributed by atoms with Crippen LogP contribution in [0.3, 0.4) is 0 Å². The molecule has 25 heteroatoms. The minimum atomic E-state index is -1.80. The molecule has 402 valence electrons. The van der Waals surface area contributed by atoms with E-state index < -0.39 is 114 Å². The number of carboxylic acids is 1. The van der Waals surface area contributed by atoms with Gasteiger partial charge in [-0.1, -0.05) is 74.5 Å². The average Bonchev–Trinajstić information content (AvgIpc) is 3.78. The number of fused-ring (bicyclic) bond motifs is 1. The van der Waals surface area contributed by atoms with Crippen molar-refractivity contribution in [3.05, 3.63) is 102 Å². The molecule has 0 unspecified atom stereocenters. The summed E-state index contributed by atoms with van der Waals surface area (Å²) in [5.41, 5.74) is 13.5. The van der Waals surface area contributed by atoms with Crippen LogP contribution in [0.15, 0.2) is 90.1 Å². The molecular weight excluding hydrogens is 1010 g/mol. The van der Waals surface area contributed by atoms with E-state index in [0.29, 0.717) is 22.1 Å². The standard InChI is InChI=1S/C50H64N12O11S2/c1-26(2)41-49(73)59-37(22-40(64)65)46(70)60-38(24-74)47(71)57-34(19-27-9-4-3-5-10-27)43(67)58-36(21-29-23-54-32-12-7-6-11-31(29)32)45(69)55-33(13-8-18-53-50(51)52)42(66)56-35(20-28-14-16-30(63)17-15-28)44(68)61-39(25-75)48(72)62-41/h3-7,9-12,14-17,23,26,33-39,41,54,63,74-75H,8,13,18-22,24-25H2,1-2H3,(H,55,69)(H,56,66)(H,57,71)(H,58,67)(H,59,73)(H,60,70)(H,61,68)(H,62,72)(H,64,65)(H4,51,52,53)/t33-,34-,35-,36-,37-,38-,39-,41-/m0/s1. The highest BCUT2D eigenvalue weighted by atomic mass is 32.1. The van der Waals surface area contributed by atoms with Gasteiger partial charge in [0.1, 0.15) is 54.1 Å². The second-order valence-corrected chi connectivity index (χ2v) is 18.9. The second-order valence-electron chi connectivity index (χ2n) is 18.2. The number of nitrogens with two attached hydrogens (primary N) is 2. The molecule has 3 aromatic carbocycles. The van der Waals surface area contributed by atoms with Crippen molar-refractivity contribution in [2.75, 3.05) is 18.1 Å². The number of nitrogens with one attached hydrogen (secondary N) is 9. The summed E-state index contributed by atoms with van der Waals surface area (Å²) in [6.45, 7) is 3.14. The fraction of sp³-hybridized carbons (Fsp3) is 0.400. The lowest BCUT2D eigenvalue weighted by Crippen LogP contribution is -2.62. The molecular formula is C50H64N12O11S2. The molecule has 0 saturated carbocycles. The number of aromatic nitrogens is 1. The smallest absolute Gasteiger partial charge is 0.305 e. The highest BCUT2D eigenvalue weighted by molar-refractivity contribution is 7.80. The minimum Gasteiger partial charge on any atom is -0.508 e. The largest absolute Gasteiger partial charge is 0.508 e. The molecule has 0 aliphatic carbocycles. The molecule has 15 N–H and O–H groups in total. The molecule has 75 heavy (non-hydrogen) atoms. The van der Waals surface area contributed by atoms with E-state index in [2.05, 4.69) is 77.8 Å². The van der Waals surface area contributed by atoms with Crippen molar-refractivity contribution in [2.24, 2.45) is 22.4 Å². The van der Waals surface area contributed by atoms with Gasteiger partial charge in [-0.25, -0.2) is 0 Å². The third-order valence-corrected chi connectivity index (χ3v) is 12.9. The van der Waals surface area contributed by atoms with Crippen molar-refractivity contribution in [3.63, 3.8) is 0 Å². The fourth-order valence-corrected chi connectivity index (χ4v) is 8.61. The summed E-state index contributed by atoms with van der Waals surface area (Å²) in [5, 5.41) is 41.3. The molecule has 1 aliphatic heterocycles. The summed E-state index contributed by atoms with van der Waals surface area (Å²) >= 11 is 8.55. The first-order valence-electron chi connectivity index (χ1n) is 24.0. The van der Waals surface area contributed by atoms with Gasteiger partial charge in [0.2, 0.25) is 47.3 Å². The van der Waals surface area contributed by atoms with Crippen molar-refractivity contribution in [1.29, 1.82) is 0 Å². The first kappa shape index (κ1) is 58.1. The van der Waals surface area contributed by atoms with Gasteiger partial charge in [-0.2, -0.15) is 25.3 Å². The van der Waals surface area contributed by atoms with Gasteiger partial charge in [-0.05, 0) is 53.6 Å². The van der Waals surface area contributed by atoms with Crippen molar-refractivity contribution in [2.45, 2.75) is 101 Å². The van der Waals surface area contributed by atoms with Gasteiger partial charge in [0.25, 0.3) is 0 Å². The van der Waals surface area contributed by atoms with Crippen molar-refractivity contribution < 1.29 is 53.4 Å². The van der Waals surface area contributed by atoms with Crippen LogP contribution in [0.1, 0.15) is 49.8 Å². The maximum Gasteiger partial charge on any atom is 0.305 e. The molecule has 23 nitrogen and oxygen atoms in total. The topological polar surface area (TPSA) is 371 Å². The molecule has 1 fully saturated rings. The fourth-order valence-electron chi connectivity index (χ4n) is 8.09. The van der Waals surface area contributed by atoms with E-state index in [1.807, 2.05) is 6.07 Å². The normalized spacial score (nSPS) is 23.0. The number of H-pyrrole nitrogens is 1. The van der Waals surface area contributed by atoms with Crippen LogP contribution in [0.5, 0.6) is 5.75 Å². The number of benzene rings is 3. The number of hydrogen-bond donors (Lipinski definition) is 15. The van der Waals surface area contributed by atoms with Crippen molar-refractivity contribution >= 4 is 95.3 Å². The Balaban J connectivity index is 1.63. The zero-order chi connectivity index (χ0) is 54.8. The Morgan fingerprint density at radius 3 is 1.57 bits per heavy atom. The maximum absolute atomic E-state index is 14.8. The van der Waals surface area contributed by atoms with Crippen LogP contribution in [0, 0.1) is 5.92 Å². The minimum absolute atomic E-state index is 0.0256. The number of phenols is 1. The van der Waals surface area contributed by atoms with Crippen molar-refractivity contribution in [1.82, 2.24) is 47.5 Å². The molecule has 8 atom stereocenters. The zero-order valence-electron chi connectivity index (χ0n) is 41.2. The number of carboxylic acid groups (broad SMARTS) is 1. The summed E-state index contributed by atoms with van der Waals surface area (Å²) in [7, 11) is 0. The van der Waals surface area contributed by atoms with Gasteiger partial charge < -0.3 is 69.2 Å². The van der Waals surface area contributed by atoms with Crippen LogP contribution in [0.2, 0.25) is 0 Å². The molecule has 1 aliphatic rings. The first-order chi connectivity index (χ1) is 35.8. The van der Waals surface area contributed by atoms with E-state index >= 15 is 0 Å². The molecule has 4 aromatic rings. The first-order valence-corrected chi connectivity index (χ1v) is 25.3. The summed E-state index contributed by atoms with van der Waals surface area (Å²) < 4.78 is 0. The number of nitrogens with zero attached hydrogens (tertiary/aromatic N) is 1. The van der Waals surface area contributed by atoms with Gasteiger partial charge in [-0.15, -0.1) is 0 Å². The SMILES string of the molecule is CC(C)[C@@H]1NC(=O)[C@H](CS)NC(=O)[C@H](Cc2ccc(O)cc2)NC(=O)[C@H](CCCN=C(N)N)NC(=O)[C@H](Cc2c[nH]c3ccccc23)NC(=O)[C@H](Cc2ccccc2)NC(=O)[C@H](CS)NC(=O)[C@H](CC(=O)O)NC1=O. The Morgan fingerprint density at radius 2 is 1.03 bits per heavy atom. The zero-order valence-corrected chi connectivity index (χ0v) is 43.0. The van der Waals surface area contributed by atoms with Crippen LogP contribution in [-0.4, -0.2) is 141 Å². The Morgan fingerprint density at radius 1 is 0.573 bits per heavy atom. The Hall–Kier alpha value is -7.80. The second kappa shape index (κ2) is 28.0. The van der Waals surface area contributed by atoms with E-state index in [4.69, 9.17) is 11.5 Å². The van der Waals surface area contributed by atoms with Gasteiger partial charge >= 0.3 is 5.97 Å². The monoisotopic (exact) mass is 1070 g/mol. The number of thiol groups is 2. The summed E-state index contributed by atoms with van der Waals surface area (Å²) in [6.07, 6.45) is 0.220. The number of hydrogen-bond acceptors (Lipinski definition) is 13. The number of amides is 8.